The van der Waals surface area contributed by atoms with Gasteiger partial charge in [-0.15, -0.1) is 0 Å². The van der Waals surface area contributed by atoms with E-state index in [0.29, 0.717) is 22.4 Å². The van der Waals surface area contributed by atoms with E-state index in [0.717, 1.165) is 21.9 Å². The minimum absolute atomic E-state index is 0.198. The van der Waals surface area contributed by atoms with Crippen molar-refractivity contribution in [3.8, 4) is 0 Å². The fraction of sp³-hybridized carbons (Fsp3) is 0.167. The first kappa shape index (κ1) is 16.7. The number of alkyl halides is 2. The second-order valence-corrected chi connectivity index (χ2v) is 6.73. The molecule has 0 bridgehead atoms. The second-order valence-electron chi connectivity index (χ2n) is 5.79. The molecule has 26 heavy (non-hydrogen) atoms. The van der Waals surface area contributed by atoms with Crippen molar-refractivity contribution in [1.29, 1.82) is 0 Å². The molecule has 0 saturated heterocycles. The molecular formula is C18H14F2N4OS. The predicted molar refractivity (Wildman–Crippen MR) is 96.7 cm³/mol. The highest BCUT2D eigenvalue weighted by Crippen LogP contribution is 2.30. The fourth-order valence-corrected chi connectivity index (χ4v) is 3.74. The van der Waals surface area contributed by atoms with Gasteiger partial charge >= 0.3 is 6.55 Å². The number of fused-ring (bicyclic) bond motifs is 2. The lowest BCUT2D eigenvalue weighted by Crippen LogP contribution is -2.15. The molecule has 0 unspecified atom stereocenters. The number of imidazole rings is 1. The van der Waals surface area contributed by atoms with Crippen molar-refractivity contribution in [2.24, 2.45) is 0 Å². The summed E-state index contributed by atoms with van der Waals surface area (Å²) in [5.41, 5.74) is 2.66. The number of hydrogen-bond donors (Lipinski definition) is 0. The van der Waals surface area contributed by atoms with E-state index in [2.05, 4.69) is 9.97 Å². The van der Waals surface area contributed by atoms with Crippen LogP contribution in [-0.4, -0.2) is 18.9 Å². The van der Waals surface area contributed by atoms with Gasteiger partial charge < -0.3 is 0 Å². The summed E-state index contributed by atoms with van der Waals surface area (Å²) in [5, 5.41) is 0.202. The van der Waals surface area contributed by atoms with Crippen molar-refractivity contribution >= 4 is 28.4 Å². The van der Waals surface area contributed by atoms with Crippen molar-refractivity contribution in [1.82, 2.24) is 18.9 Å². The highest BCUT2D eigenvalue weighted by Gasteiger charge is 2.18. The maximum absolute atomic E-state index is 13.5. The van der Waals surface area contributed by atoms with Crippen LogP contribution in [0.5, 0.6) is 0 Å². The van der Waals surface area contributed by atoms with E-state index in [9.17, 15) is 13.6 Å². The molecule has 8 heteroatoms. The van der Waals surface area contributed by atoms with Gasteiger partial charge in [0, 0.05) is 18.0 Å². The third-order valence-electron chi connectivity index (χ3n) is 4.05. The van der Waals surface area contributed by atoms with Crippen molar-refractivity contribution < 1.29 is 8.78 Å². The molecule has 0 amide bonds. The number of nitrogens with zero attached hydrogens (tertiary/aromatic N) is 4. The molecule has 0 N–H and O–H groups in total. The minimum atomic E-state index is -2.69. The third-order valence-corrected chi connectivity index (χ3v) is 5.03. The molecular weight excluding hydrogens is 358 g/mol. The molecule has 0 aliphatic rings. The average Bonchev–Trinajstić information content (AvgIpc) is 2.99. The molecule has 0 fully saturated rings. The number of para-hydroxylation sites is 2. The number of aromatic nitrogens is 4. The van der Waals surface area contributed by atoms with Crippen LogP contribution in [0.2, 0.25) is 0 Å². The number of thioether (sulfide) groups is 1. The molecule has 0 saturated carbocycles. The van der Waals surface area contributed by atoms with Crippen molar-refractivity contribution in [3.05, 3.63) is 70.3 Å². The van der Waals surface area contributed by atoms with E-state index in [1.807, 2.05) is 13.0 Å². The Hall–Kier alpha value is -2.74. The predicted octanol–water partition coefficient (Wildman–Crippen LogP) is 4.04. The van der Waals surface area contributed by atoms with Crippen LogP contribution >= 0.6 is 11.8 Å². The fourth-order valence-electron chi connectivity index (χ4n) is 2.83. The van der Waals surface area contributed by atoms with Crippen LogP contribution in [0.3, 0.4) is 0 Å². The second kappa shape index (κ2) is 6.53. The number of halogens is 2. The molecule has 3 heterocycles. The van der Waals surface area contributed by atoms with E-state index in [1.165, 1.54) is 10.5 Å². The van der Waals surface area contributed by atoms with E-state index < -0.39 is 6.55 Å². The van der Waals surface area contributed by atoms with Crippen LogP contribution in [-0.2, 0) is 5.75 Å². The number of rotatable bonds is 4. The van der Waals surface area contributed by atoms with Crippen LogP contribution in [0.1, 0.15) is 17.8 Å². The van der Waals surface area contributed by atoms with Crippen molar-refractivity contribution in [2.45, 2.75) is 24.4 Å². The van der Waals surface area contributed by atoms with E-state index >= 15 is 0 Å². The van der Waals surface area contributed by atoms with Gasteiger partial charge in [0.25, 0.3) is 5.56 Å². The van der Waals surface area contributed by atoms with Gasteiger partial charge in [-0.3, -0.25) is 13.8 Å². The first-order valence-electron chi connectivity index (χ1n) is 7.90. The Morgan fingerprint density at radius 3 is 2.77 bits per heavy atom. The largest absolute Gasteiger partial charge is 0.321 e. The van der Waals surface area contributed by atoms with E-state index in [4.69, 9.17) is 0 Å². The molecule has 132 valence electrons. The summed E-state index contributed by atoms with van der Waals surface area (Å²) in [5.74, 6) is 0.274. The van der Waals surface area contributed by atoms with Crippen LogP contribution in [0.4, 0.5) is 8.78 Å². The summed E-state index contributed by atoms with van der Waals surface area (Å²) >= 11 is 1.14. The Labute approximate surface area is 151 Å². The van der Waals surface area contributed by atoms with Gasteiger partial charge in [0.05, 0.1) is 16.7 Å². The van der Waals surface area contributed by atoms with Crippen molar-refractivity contribution in [2.75, 3.05) is 0 Å². The molecule has 5 nitrogen and oxygen atoms in total. The normalized spacial score (nSPS) is 11.7. The first-order chi connectivity index (χ1) is 12.5. The minimum Gasteiger partial charge on any atom is -0.269 e. The molecule has 4 aromatic rings. The summed E-state index contributed by atoms with van der Waals surface area (Å²) in [6.07, 6.45) is 1.66. The topological polar surface area (TPSA) is 52.2 Å². The SMILES string of the molecule is Cc1cccn2c(=O)cc(CSc3nc4ccccc4n3C(F)F)nc12. The van der Waals surface area contributed by atoms with Gasteiger partial charge in [-0.05, 0) is 30.7 Å². The number of benzene rings is 1. The Morgan fingerprint density at radius 1 is 1.15 bits per heavy atom. The average molecular weight is 372 g/mol. The van der Waals surface area contributed by atoms with Crippen LogP contribution in [0.15, 0.2) is 58.6 Å². The Kier molecular flexibility index (Phi) is 4.20. The molecule has 1 aromatic carbocycles. The van der Waals surface area contributed by atoms with Gasteiger partial charge in [-0.1, -0.05) is 30.0 Å². The Morgan fingerprint density at radius 2 is 1.96 bits per heavy atom. The summed E-state index contributed by atoms with van der Waals surface area (Å²) in [6, 6.07) is 11.8. The maximum Gasteiger partial charge on any atom is 0.321 e. The highest BCUT2D eigenvalue weighted by molar-refractivity contribution is 7.98. The number of aryl methyl sites for hydroxylation is 1. The zero-order valence-corrected chi connectivity index (χ0v) is 14.6. The Bertz CT molecular complexity index is 1170. The summed E-state index contributed by atoms with van der Waals surface area (Å²) in [4.78, 5) is 21.0. The molecule has 0 radical (unpaired) electrons. The third kappa shape index (κ3) is 2.86. The zero-order valence-electron chi connectivity index (χ0n) is 13.8. The zero-order chi connectivity index (χ0) is 18.3. The van der Waals surface area contributed by atoms with E-state index in [-0.39, 0.29) is 16.5 Å². The molecule has 4 rings (SSSR count). The van der Waals surface area contributed by atoms with Gasteiger partial charge in [-0.2, -0.15) is 8.78 Å². The molecule has 0 aliphatic heterocycles. The molecule has 3 aromatic heterocycles. The Balaban J connectivity index is 1.71. The van der Waals surface area contributed by atoms with Crippen LogP contribution in [0, 0.1) is 6.92 Å². The lowest BCUT2D eigenvalue weighted by Gasteiger charge is -2.08. The monoisotopic (exact) mass is 372 g/mol. The lowest BCUT2D eigenvalue weighted by atomic mass is 10.3. The quantitative estimate of drug-likeness (QED) is 0.508. The molecule has 0 spiro atoms. The van der Waals surface area contributed by atoms with Gasteiger partial charge in [0.15, 0.2) is 5.16 Å². The molecule has 0 aliphatic carbocycles. The first-order valence-corrected chi connectivity index (χ1v) is 8.89. The standard InChI is InChI=1S/C18H14F2N4OS/c1-11-5-4-8-23-15(25)9-12(21-16(11)23)10-26-18-22-13-6-2-3-7-14(13)24(18)17(19)20/h2-9,17H,10H2,1H3. The van der Waals surface area contributed by atoms with Gasteiger partial charge in [0.1, 0.15) is 5.65 Å². The van der Waals surface area contributed by atoms with Gasteiger partial charge in [0.2, 0.25) is 0 Å². The van der Waals surface area contributed by atoms with Gasteiger partial charge in [-0.25, -0.2) is 9.97 Å². The lowest BCUT2D eigenvalue weighted by molar-refractivity contribution is 0.0656. The summed E-state index contributed by atoms with van der Waals surface area (Å²) in [7, 11) is 0. The smallest absolute Gasteiger partial charge is 0.269 e. The number of pyridine rings is 1. The van der Waals surface area contributed by atoms with Crippen LogP contribution < -0.4 is 5.56 Å². The van der Waals surface area contributed by atoms with Crippen molar-refractivity contribution in [3.63, 3.8) is 0 Å². The maximum atomic E-state index is 13.5. The molecule has 0 atom stereocenters. The summed E-state index contributed by atoms with van der Waals surface area (Å²) in [6.45, 7) is -0.822. The summed E-state index contributed by atoms with van der Waals surface area (Å²) < 4.78 is 29.3. The highest BCUT2D eigenvalue weighted by atomic mass is 32.2. The number of hydrogen-bond acceptors (Lipinski definition) is 4. The van der Waals surface area contributed by atoms with E-state index in [1.54, 1.807) is 36.5 Å². The van der Waals surface area contributed by atoms with Crippen LogP contribution in [0.25, 0.3) is 16.7 Å².